The number of aromatic amines is 1. The summed E-state index contributed by atoms with van der Waals surface area (Å²) in [6.07, 6.45) is 1.69. The first-order valence-electron chi connectivity index (χ1n) is 9.12. The number of anilines is 1. The molecule has 11 heteroatoms. The standard InChI is InChI=1S/C17H27N6O4.HI/c1-5-23(4,6-2)10-8-7-9-18-16-14(21(24)25)11-13-15(17(16)22(26)27)20-12(3)19-13;/h11,18H,5-10H2,1-4H3,(H,19,20);1H/q+1;/p-1. The van der Waals surface area contributed by atoms with Crippen molar-refractivity contribution in [2.75, 3.05) is 38.5 Å². The molecule has 1 heterocycles. The van der Waals surface area contributed by atoms with Gasteiger partial charge in [0.15, 0.2) is 11.2 Å². The molecule has 0 atom stereocenters. The Morgan fingerprint density at radius 1 is 1.18 bits per heavy atom. The molecule has 0 unspecified atom stereocenters. The largest absolute Gasteiger partial charge is 1.00 e. The molecule has 0 saturated heterocycles. The van der Waals surface area contributed by atoms with Crippen LogP contribution >= 0.6 is 0 Å². The molecule has 10 nitrogen and oxygen atoms in total. The maximum absolute atomic E-state index is 11.6. The van der Waals surface area contributed by atoms with E-state index in [1.807, 2.05) is 0 Å². The number of aromatic nitrogens is 2. The molecular formula is C17H27IN6O4. The number of nitro groups is 2. The Labute approximate surface area is 180 Å². The molecule has 2 aromatic rings. The van der Waals surface area contributed by atoms with Crippen LogP contribution in [0.1, 0.15) is 32.5 Å². The van der Waals surface area contributed by atoms with E-state index in [2.05, 4.69) is 36.2 Å². The third kappa shape index (κ3) is 5.28. The molecule has 0 spiro atoms. The van der Waals surface area contributed by atoms with Crippen LogP contribution in [-0.2, 0) is 0 Å². The zero-order valence-electron chi connectivity index (χ0n) is 16.6. The quantitative estimate of drug-likeness (QED) is 0.158. The first-order chi connectivity index (χ1) is 12.7. The Bertz CT molecular complexity index is 850. The van der Waals surface area contributed by atoms with Crippen molar-refractivity contribution in [1.29, 1.82) is 0 Å². The third-order valence-electron chi connectivity index (χ3n) is 5.18. The molecular weight excluding hydrogens is 479 g/mol. The van der Waals surface area contributed by atoms with E-state index >= 15 is 0 Å². The van der Waals surface area contributed by atoms with Gasteiger partial charge in [-0.1, -0.05) is 0 Å². The number of fused-ring (bicyclic) bond motifs is 1. The van der Waals surface area contributed by atoms with Crippen molar-refractivity contribution < 1.29 is 38.3 Å². The van der Waals surface area contributed by atoms with Gasteiger partial charge in [0.2, 0.25) is 0 Å². The van der Waals surface area contributed by atoms with Crippen LogP contribution in [0.4, 0.5) is 17.1 Å². The number of nitro benzene ring substituents is 2. The Morgan fingerprint density at radius 3 is 2.36 bits per heavy atom. The van der Waals surface area contributed by atoms with Crippen LogP contribution in [0.25, 0.3) is 11.0 Å². The van der Waals surface area contributed by atoms with Gasteiger partial charge in [0.05, 0.1) is 42.0 Å². The highest BCUT2D eigenvalue weighted by Gasteiger charge is 2.30. The van der Waals surface area contributed by atoms with E-state index in [0.29, 0.717) is 12.4 Å². The van der Waals surface area contributed by atoms with Crippen molar-refractivity contribution in [2.45, 2.75) is 33.6 Å². The molecule has 0 fully saturated rings. The van der Waals surface area contributed by atoms with Gasteiger partial charge in [-0.2, -0.15) is 0 Å². The Morgan fingerprint density at radius 2 is 1.82 bits per heavy atom. The average Bonchev–Trinajstić information content (AvgIpc) is 2.99. The SMILES string of the molecule is CC[N+](C)(CC)CCCCNc1c([N+](=O)[O-])cc2[nH]c(C)nc2c1[N+](=O)[O-].[I-]. The topological polar surface area (TPSA) is 127 Å². The minimum Gasteiger partial charge on any atom is -1.00 e. The molecule has 0 bridgehead atoms. The smallest absolute Gasteiger partial charge is 0.327 e. The lowest BCUT2D eigenvalue weighted by atomic mass is 10.2. The van der Waals surface area contributed by atoms with Gasteiger partial charge in [-0.25, -0.2) is 4.98 Å². The van der Waals surface area contributed by atoms with Gasteiger partial charge in [0.1, 0.15) is 5.82 Å². The number of quaternary nitrogens is 1. The van der Waals surface area contributed by atoms with Gasteiger partial charge in [0, 0.05) is 12.6 Å². The lowest BCUT2D eigenvalue weighted by Crippen LogP contribution is -3.00. The molecule has 2 N–H and O–H groups in total. The molecule has 0 amide bonds. The second kappa shape index (κ2) is 9.96. The summed E-state index contributed by atoms with van der Waals surface area (Å²) in [4.78, 5) is 28.8. The van der Waals surface area contributed by atoms with Gasteiger partial charge < -0.3 is 38.8 Å². The number of hydrogen-bond acceptors (Lipinski definition) is 6. The number of rotatable bonds is 10. The molecule has 1 aromatic carbocycles. The number of nitrogens with one attached hydrogen (secondary N) is 2. The molecule has 0 aliphatic rings. The van der Waals surface area contributed by atoms with Crippen molar-refractivity contribution in [1.82, 2.24) is 9.97 Å². The number of H-pyrrole nitrogens is 1. The number of benzene rings is 1. The summed E-state index contributed by atoms with van der Waals surface area (Å²) in [5.41, 5.74) is -0.332. The summed E-state index contributed by atoms with van der Waals surface area (Å²) in [5, 5.41) is 26.0. The summed E-state index contributed by atoms with van der Waals surface area (Å²) in [6, 6.07) is 1.30. The maximum Gasteiger partial charge on any atom is 0.327 e. The normalized spacial score (nSPS) is 11.3. The first-order valence-corrected chi connectivity index (χ1v) is 9.12. The van der Waals surface area contributed by atoms with Gasteiger partial charge in [-0.15, -0.1) is 0 Å². The van der Waals surface area contributed by atoms with Crippen molar-refractivity contribution in [3.8, 4) is 0 Å². The maximum atomic E-state index is 11.6. The number of nitrogens with zero attached hydrogens (tertiary/aromatic N) is 4. The fourth-order valence-corrected chi connectivity index (χ4v) is 3.11. The molecule has 28 heavy (non-hydrogen) atoms. The predicted molar refractivity (Wildman–Crippen MR) is 104 cm³/mol. The Balaban J connectivity index is 0.00000392. The fourth-order valence-electron chi connectivity index (χ4n) is 3.11. The van der Waals surface area contributed by atoms with Crippen LogP contribution in [0.3, 0.4) is 0 Å². The molecule has 1 aromatic heterocycles. The number of imidazole rings is 1. The second-order valence-electron chi connectivity index (χ2n) is 6.96. The van der Waals surface area contributed by atoms with E-state index in [9.17, 15) is 20.2 Å². The number of hydrogen-bond donors (Lipinski definition) is 2. The van der Waals surface area contributed by atoms with E-state index < -0.39 is 9.85 Å². The van der Waals surface area contributed by atoms with Crippen LogP contribution < -0.4 is 29.3 Å². The van der Waals surface area contributed by atoms with Crippen molar-refractivity contribution in [3.63, 3.8) is 0 Å². The fraction of sp³-hybridized carbons (Fsp3) is 0.588. The van der Waals surface area contributed by atoms with Crippen LogP contribution in [0.2, 0.25) is 0 Å². The molecule has 0 aliphatic heterocycles. The van der Waals surface area contributed by atoms with Gasteiger partial charge in [-0.3, -0.25) is 20.2 Å². The summed E-state index contributed by atoms with van der Waals surface area (Å²) in [5.74, 6) is 0.468. The number of halogens is 1. The molecule has 0 saturated carbocycles. The van der Waals surface area contributed by atoms with Crippen LogP contribution in [-0.4, -0.2) is 57.5 Å². The van der Waals surface area contributed by atoms with Crippen molar-refractivity contribution in [3.05, 3.63) is 32.1 Å². The van der Waals surface area contributed by atoms with E-state index in [0.717, 1.165) is 37.0 Å². The second-order valence-corrected chi connectivity index (χ2v) is 6.96. The molecule has 2 rings (SSSR count). The molecule has 0 radical (unpaired) electrons. The first kappa shape index (κ1) is 24.0. The summed E-state index contributed by atoms with van der Waals surface area (Å²) in [6.45, 7) is 9.44. The minimum absolute atomic E-state index is 0. The summed E-state index contributed by atoms with van der Waals surface area (Å²) >= 11 is 0. The lowest BCUT2D eigenvalue weighted by Gasteiger charge is -2.32. The van der Waals surface area contributed by atoms with E-state index in [1.165, 1.54) is 6.07 Å². The van der Waals surface area contributed by atoms with Crippen LogP contribution in [0, 0.1) is 27.2 Å². The average molecular weight is 506 g/mol. The van der Waals surface area contributed by atoms with Crippen molar-refractivity contribution >= 4 is 28.1 Å². The van der Waals surface area contributed by atoms with Crippen molar-refractivity contribution in [2.24, 2.45) is 0 Å². The highest BCUT2D eigenvalue weighted by atomic mass is 127. The van der Waals surface area contributed by atoms with E-state index in [4.69, 9.17) is 0 Å². The highest BCUT2D eigenvalue weighted by molar-refractivity contribution is 5.96. The predicted octanol–water partition coefficient (Wildman–Crippen LogP) is 0.370. The Kier molecular flexibility index (Phi) is 8.54. The molecule has 156 valence electrons. The molecule has 0 aliphatic carbocycles. The third-order valence-corrected chi connectivity index (χ3v) is 5.18. The summed E-state index contributed by atoms with van der Waals surface area (Å²) < 4.78 is 0.957. The van der Waals surface area contributed by atoms with E-state index in [-0.39, 0.29) is 52.1 Å². The Hall–Kier alpha value is -2.02. The number of aryl methyl sites for hydroxylation is 1. The zero-order valence-corrected chi connectivity index (χ0v) is 18.8. The monoisotopic (exact) mass is 506 g/mol. The van der Waals surface area contributed by atoms with Gasteiger partial charge in [0.25, 0.3) is 0 Å². The number of unbranched alkanes of at least 4 members (excludes halogenated alkanes) is 1. The van der Waals surface area contributed by atoms with Gasteiger partial charge in [-0.05, 0) is 33.6 Å². The van der Waals surface area contributed by atoms with E-state index in [1.54, 1.807) is 6.92 Å². The van der Waals surface area contributed by atoms with Crippen LogP contribution in [0.5, 0.6) is 0 Å². The zero-order chi connectivity index (χ0) is 20.2. The minimum atomic E-state index is -0.611. The van der Waals surface area contributed by atoms with Crippen LogP contribution in [0.15, 0.2) is 6.07 Å². The lowest BCUT2D eigenvalue weighted by molar-refractivity contribution is -0.906. The summed E-state index contributed by atoms with van der Waals surface area (Å²) in [7, 11) is 2.19. The highest BCUT2D eigenvalue weighted by Crippen LogP contribution is 2.40. The van der Waals surface area contributed by atoms with Gasteiger partial charge >= 0.3 is 11.4 Å².